The summed E-state index contributed by atoms with van der Waals surface area (Å²) in [6, 6.07) is 0. The van der Waals surface area contributed by atoms with E-state index >= 15 is 0 Å². The summed E-state index contributed by atoms with van der Waals surface area (Å²) in [6.45, 7) is 7.85. The van der Waals surface area contributed by atoms with Crippen LogP contribution in [0.2, 0.25) is 0 Å². The normalized spacial score (nSPS) is 14.4. The van der Waals surface area contributed by atoms with E-state index in [0.717, 1.165) is 38.0 Å². The minimum Gasteiger partial charge on any atom is -0.349 e. The van der Waals surface area contributed by atoms with Crippen LogP contribution in [-0.2, 0) is 13.0 Å². The summed E-state index contributed by atoms with van der Waals surface area (Å²) in [5.74, 6) is -0.0762. The smallest absolute Gasteiger partial charge is 0.287 e. The Kier molecular flexibility index (Phi) is 5.64. The van der Waals surface area contributed by atoms with Gasteiger partial charge in [-0.25, -0.2) is 4.98 Å². The Hall–Kier alpha value is -1.89. The largest absolute Gasteiger partial charge is 0.349 e. The number of carbonyl (C=O) groups is 2. The first kappa shape index (κ1) is 18.4. The van der Waals surface area contributed by atoms with Crippen molar-refractivity contribution >= 4 is 11.8 Å². The molecule has 0 bridgehead atoms. The number of rotatable bonds is 5. The Balaban J connectivity index is 2.23. The molecular weight excluding hydrogens is 306 g/mol. The van der Waals surface area contributed by atoms with E-state index in [9.17, 15) is 9.59 Å². The SMILES string of the molecule is CN(C)CCNC(=O)c1nc(C(=O)NC(C)(C)C)n2c1CCCC2. The van der Waals surface area contributed by atoms with E-state index < -0.39 is 0 Å². The highest BCUT2D eigenvalue weighted by Crippen LogP contribution is 2.21. The fourth-order valence-corrected chi connectivity index (χ4v) is 2.77. The Morgan fingerprint density at radius 2 is 1.92 bits per heavy atom. The molecule has 0 saturated heterocycles. The third-order valence-corrected chi connectivity index (χ3v) is 3.87. The van der Waals surface area contributed by atoms with Crippen LogP contribution in [0.15, 0.2) is 0 Å². The van der Waals surface area contributed by atoms with Crippen LogP contribution >= 0.6 is 0 Å². The van der Waals surface area contributed by atoms with Gasteiger partial charge in [-0.15, -0.1) is 0 Å². The zero-order chi connectivity index (χ0) is 17.9. The van der Waals surface area contributed by atoms with Crippen LogP contribution in [0.1, 0.15) is 60.4 Å². The van der Waals surface area contributed by atoms with Crippen molar-refractivity contribution in [2.24, 2.45) is 0 Å². The van der Waals surface area contributed by atoms with Crippen molar-refractivity contribution in [2.75, 3.05) is 27.2 Å². The maximum absolute atomic E-state index is 12.5. The van der Waals surface area contributed by atoms with Crippen molar-refractivity contribution in [1.29, 1.82) is 0 Å². The molecule has 2 heterocycles. The second-order valence-corrected chi connectivity index (χ2v) is 7.60. The van der Waals surface area contributed by atoms with Gasteiger partial charge in [0.1, 0.15) is 5.69 Å². The molecule has 2 N–H and O–H groups in total. The molecule has 0 aliphatic carbocycles. The molecule has 0 unspecified atom stereocenters. The highest BCUT2D eigenvalue weighted by molar-refractivity contribution is 5.97. The van der Waals surface area contributed by atoms with Gasteiger partial charge in [0.2, 0.25) is 0 Å². The Morgan fingerprint density at radius 3 is 2.54 bits per heavy atom. The van der Waals surface area contributed by atoms with Gasteiger partial charge >= 0.3 is 0 Å². The van der Waals surface area contributed by atoms with E-state index in [1.807, 2.05) is 44.3 Å². The highest BCUT2D eigenvalue weighted by atomic mass is 16.2. The summed E-state index contributed by atoms with van der Waals surface area (Å²) >= 11 is 0. The zero-order valence-corrected chi connectivity index (χ0v) is 15.4. The summed E-state index contributed by atoms with van der Waals surface area (Å²) in [5, 5.41) is 5.83. The molecule has 1 aromatic heterocycles. The number of hydrogen-bond acceptors (Lipinski definition) is 4. The number of hydrogen-bond donors (Lipinski definition) is 2. The van der Waals surface area contributed by atoms with Crippen LogP contribution in [0.3, 0.4) is 0 Å². The summed E-state index contributed by atoms with van der Waals surface area (Å²) in [4.78, 5) is 31.4. The van der Waals surface area contributed by atoms with E-state index in [-0.39, 0.29) is 17.4 Å². The topological polar surface area (TPSA) is 79.3 Å². The van der Waals surface area contributed by atoms with E-state index in [4.69, 9.17) is 0 Å². The predicted octanol–water partition coefficient (Wildman–Crippen LogP) is 1.04. The van der Waals surface area contributed by atoms with Gasteiger partial charge < -0.3 is 20.1 Å². The molecule has 0 aromatic carbocycles. The number of fused-ring (bicyclic) bond motifs is 1. The van der Waals surface area contributed by atoms with Gasteiger partial charge in [-0.3, -0.25) is 9.59 Å². The number of nitrogens with one attached hydrogen (secondary N) is 2. The first-order valence-corrected chi connectivity index (χ1v) is 8.54. The molecule has 1 aromatic rings. The summed E-state index contributed by atoms with van der Waals surface area (Å²) < 4.78 is 1.91. The maximum atomic E-state index is 12.5. The fourth-order valence-electron chi connectivity index (χ4n) is 2.77. The highest BCUT2D eigenvalue weighted by Gasteiger charge is 2.28. The van der Waals surface area contributed by atoms with Crippen LogP contribution in [0, 0.1) is 0 Å². The van der Waals surface area contributed by atoms with Crippen molar-refractivity contribution in [1.82, 2.24) is 25.1 Å². The molecule has 2 rings (SSSR count). The van der Waals surface area contributed by atoms with Gasteiger partial charge in [-0.05, 0) is 54.1 Å². The molecule has 0 atom stereocenters. The molecule has 1 aliphatic heterocycles. The maximum Gasteiger partial charge on any atom is 0.287 e. The predicted molar refractivity (Wildman–Crippen MR) is 93.3 cm³/mol. The standard InChI is InChI=1S/C17H29N5O2/c1-17(2,3)20-16(24)14-19-13(12-8-6-7-10-22(12)14)15(23)18-9-11-21(4)5/h6-11H2,1-5H3,(H,18,23)(H,20,24). The van der Waals surface area contributed by atoms with Gasteiger partial charge in [-0.2, -0.15) is 0 Å². The molecule has 0 radical (unpaired) electrons. The quantitative estimate of drug-likeness (QED) is 0.843. The van der Waals surface area contributed by atoms with Gasteiger partial charge in [0.25, 0.3) is 11.8 Å². The van der Waals surface area contributed by atoms with Crippen molar-refractivity contribution < 1.29 is 9.59 Å². The van der Waals surface area contributed by atoms with Crippen LogP contribution in [0.4, 0.5) is 0 Å². The Bertz CT molecular complexity index is 613. The average Bonchev–Trinajstić information content (AvgIpc) is 2.84. The molecule has 24 heavy (non-hydrogen) atoms. The minimum atomic E-state index is -0.341. The van der Waals surface area contributed by atoms with Crippen molar-refractivity contribution in [3.8, 4) is 0 Å². The molecular formula is C17H29N5O2. The number of carbonyl (C=O) groups excluding carboxylic acids is 2. The summed E-state index contributed by atoms with van der Waals surface area (Å²) in [5.41, 5.74) is 0.932. The Morgan fingerprint density at radius 1 is 1.21 bits per heavy atom. The van der Waals surface area contributed by atoms with Crippen LogP contribution in [0.5, 0.6) is 0 Å². The summed E-state index contributed by atoms with van der Waals surface area (Å²) in [6.07, 6.45) is 2.80. The fraction of sp³-hybridized carbons (Fsp3) is 0.706. The zero-order valence-electron chi connectivity index (χ0n) is 15.4. The lowest BCUT2D eigenvalue weighted by atomic mass is 10.1. The average molecular weight is 335 g/mol. The first-order valence-electron chi connectivity index (χ1n) is 8.54. The molecule has 7 heteroatoms. The first-order chi connectivity index (χ1) is 11.2. The van der Waals surface area contributed by atoms with Crippen molar-refractivity contribution in [2.45, 2.75) is 52.1 Å². The van der Waals surface area contributed by atoms with Crippen molar-refractivity contribution in [3.63, 3.8) is 0 Å². The number of nitrogens with zero attached hydrogens (tertiary/aromatic N) is 3. The van der Waals surface area contributed by atoms with E-state index in [1.165, 1.54) is 0 Å². The lowest BCUT2D eigenvalue weighted by Gasteiger charge is -2.22. The van der Waals surface area contributed by atoms with Gasteiger partial charge in [0, 0.05) is 25.2 Å². The summed E-state index contributed by atoms with van der Waals surface area (Å²) in [7, 11) is 3.92. The molecule has 134 valence electrons. The number of likely N-dealkylation sites (N-methyl/N-ethyl adjacent to an activating group) is 1. The van der Waals surface area contributed by atoms with E-state index in [1.54, 1.807) is 0 Å². The molecule has 7 nitrogen and oxygen atoms in total. The van der Waals surface area contributed by atoms with Crippen LogP contribution in [-0.4, -0.2) is 59.0 Å². The number of aromatic nitrogens is 2. The number of imidazole rings is 1. The van der Waals surface area contributed by atoms with Gasteiger partial charge in [-0.1, -0.05) is 0 Å². The minimum absolute atomic E-state index is 0.197. The molecule has 0 fully saturated rings. The van der Waals surface area contributed by atoms with E-state index in [2.05, 4.69) is 15.6 Å². The molecule has 1 aliphatic rings. The van der Waals surface area contributed by atoms with Crippen LogP contribution < -0.4 is 10.6 Å². The lowest BCUT2D eigenvalue weighted by molar-refractivity contribution is 0.0903. The Labute approximate surface area is 143 Å². The van der Waals surface area contributed by atoms with Crippen molar-refractivity contribution in [3.05, 3.63) is 17.2 Å². The lowest BCUT2D eigenvalue weighted by Crippen LogP contribution is -2.42. The molecule has 0 saturated carbocycles. The molecule has 0 spiro atoms. The second kappa shape index (κ2) is 7.34. The third-order valence-electron chi connectivity index (χ3n) is 3.87. The number of amides is 2. The monoisotopic (exact) mass is 335 g/mol. The van der Waals surface area contributed by atoms with Gasteiger partial charge in [0.05, 0.1) is 5.69 Å². The second-order valence-electron chi connectivity index (χ2n) is 7.60. The van der Waals surface area contributed by atoms with Crippen LogP contribution in [0.25, 0.3) is 0 Å². The van der Waals surface area contributed by atoms with Gasteiger partial charge in [0.15, 0.2) is 5.82 Å². The molecule has 2 amide bonds. The third kappa shape index (κ3) is 4.56. The van der Waals surface area contributed by atoms with E-state index in [0.29, 0.717) is 18.1 Å².